The number of benzene rings is 2. The molecule has 2 spiro atoms. The van der Waals surface area contributed by atoms with Crippen LogP contribution in [0.15, 0.2) is 36.4 Å². The summed E-state index contributed by atoms with van der Waals surface area (Å²) in [5.74, 6) is 0.153. The van der Waals surface area contributed by atoms with Gasteiger partial charge in [-0.25, -0.2) is 4.39 Å². The number of carbonyl (C=O) groups excluding carboxylic acids is 3. The molecule has 0 atom stereocenters. The quantitative estimate of drug-likeness (QED) is 0.0978. The Morgan fingerprint density at radius 1 is 0.842 bits per heavy atom. The average Bonchev–Trinajstić information content (AvgIpc) is 2.99. The first-order valence-electron chi connectivity index (χ1n) is 17.6. The molecule has 2 aromatic carbocycles. The molecule has 2 aromatic rings. The first kappa shape index (κ1) is 54.2. The van der Waals surface area contributed by atoms with E-state index in [1.165, 1.54) is 25.0 Å². The van der Waals surface area contributed by atoms with Crippen molar-refractivity contribution in [3.05, 3.63) is 72.5 Å². The summed E-state index contributed by atoms with van der Waals surface area (Å²) in [6, 6.07) is 7.58. The van der Waals surface area contributed by atoms with Crippen LogP contribution in [0.4, 0.5) is 21.5 Å². The topological polar surface area (TPSA) is 204 Å². The number of carbonyl (C=O) groups is 3. The van der Waals surface area contributed by atoms with Gasteiger partial charge in [-0.2, -0.15) is 0 Å². The number of ether oxygens (including phenoxy) is 2. The molecule has 0 unspecified atom stereocenters. The zero-order valence-electron chi connectivity index (χ0n) is 34.7. The smallest absolute Gasteiger partial charge is 1.00 e. The van der Waals surface area contributed by atoms with Gasteiger partial charge >= 0.3 is 115 Å². The van der Waals surface area contributed by atoms with E-state index in [1.807, 2.05) is 41.5 Å². The number of hydrogen-bond donors (Lipinski definition) is 1. The zero-order valence-corrected chi connectivity index (χ0v) is 41.5. The third-order valence-corrected chi connectivity index (χ3v) is 9.92. The van der Waals surface area contributed by atoms with E-state index in [4.69, 9.17) is 42.7 Å². The van der Waals surface area contributed by atoms with Crippen molar-refractivity contribution in [1.29, 1.82) is 0 Å². The van der Waals surface area contributed by atoms with E-state index in [2.05, 4.69) is 15.1 Å². The Labute approximate surface area is 428 Å². The molecule has 306 valence electrons. The van der Waals surface area contributed by atoms with Crippen LogP contribution < -0.4 is 118 Å². The fourth-order valence-electron chi connectivity index (χ4n) is 7.28. The molecule has 4 aliphatic rings. The molecule has 2 saturated carbocycles. The van der Waals surface area contributed by atoms with E-state index >= 15 is 0 Å². The Morgan fingerprint density at radius 2 is 1.25 bits per heavy atom. The van der Waals surface area contributed by atoms with Crippen LogP contribution in [-0.4, -0.2) is 65.6 Å². The van der Waals surface area contributed by atoms with Gasteiger partial charge in [0.25, 0.3) is 17.8 Å². The molecule has 2 heterocycles. The zero-order chi connectivity index (χ0) is 41.4. The number of non-ortho nitro benzene ring substituents is 2. The monoisotopic (exact) mass is 892 g/mol. The summed E-state index contributed by atoms with van der Waals surface area (Å²) in [5.41, 5.74) is 0.689. The number of esters is 2. The van der Waals surface area contributed by atoms with Crippen LogP contribution in [0.2, 0.25) is 10.0 Å². The maximum Gasteiger partial charge on any atom is 1.00 e. The number of anilines is 1. The largest absolute Gasteiger partial charge is 1.00 e. The number of nitrogens with one attached hydrogen (secondary N) is 1. The molecule has 0 amide bonds. The maximum absolute atomic E-state index is 12.4. The Morgan fingerprint density at radius 3 is 1.58 bits per heavy atom. The van der Waals surface area contributed by atoms with Crippen molar-refractivity contribution in [2.45, 2.75) is 91.3 Å². The summed E-state index contributed by atoms with van der Waals surface area (Å²) in [5, 5.41) is 32.8. The first-order valence-corrected chi connectivity index (χ1v) is 18.4. The molecule has 0 radical (unpaired) electrons. The summed E-state index contributed by atoms with van der Waals surface area (Å²) in [6.07, 6.45) is 5.55. The fraction of sp³-hybridized carbons (Fsp3) is 0.595. The van der Waals surface area contributed by atoms with Crippen molar-refractivity contribution in [2.24, 2.45) is 22.7 Å². The predicted molar refractivity (Wildman–Crippen MR) is 201 cm³/mol. The molecular weight excluding hydrogens is 845 g/mol. The van der Waals surface area contributed by atoms with Crippen LogP contribution in [0.3, 0.4) is 0 Å². The van der Waals surface area contributed by atoms with Crippen LogP contribution in [0.1, 0.15) is 81.5 Å². The van der Waals surface area contributed by atoms with Gasteiger partial charge in [0.15, 0.2) is 0 Å². The maximum atomic E-state index is 12.4. The Hall–Kier alpha value is -0.847. The van der Waals surface area contributed by atoms with E-state index in [0.717, 1.165) is 62.9 Å². The molecule has 57 heavy (non-hydrogen) atoms. The number of halogens is 3. The van der Waals surface area contributed by atoms with Crippen LogP contribution in [0.5, 0.6) is 0 Å². The Balaban J connectivity index is 0.000000844. The van der Waals surface area contributed by atoms with Crippen molar-refractivity contribution >= 4 is 58.7 Å². The van der Waals surface area contributed by atoms with Crippen LogP contribution in [0.25, 0.3) is 0 Å². The molecule has 6 rings (SSSR count). The molecule has 20 heteroatoms. The molecule has 2 aliphatic carbocycles. The predicted octanol–water partition coefficient (Wildman–Crippen LogP) is 0.857. The second kappa shape index (κ2) is 23.4. The van der Waals surface area contributed by atoms with Gasteiger partial charge < -0.3 is 31.3 Å². The van der Waals surface area contributed by atoms with Crippen LogP contribution in [0, 0.1) is 48.7 Å². The molecule has 15 nitrogen and oxygen atoms in total. The standard InChI is InChI=1S/C18H23ClN2O4.C12H21NO2.C6H3ClFNO2.CH2O3.2K.H/c1-17(2,3)25-16(22)6-12-8-18(9-12)10-20(11-18)15-5-4-13(21(23)24)7-14(15)19;1-11(2,3)15-10(14)4-9-5-12(6-9)7-13-8-12;7-5-3-4(9(10)11)1-2-6(5)8;2-1-4-3;;;/h4-5,7,12H,6,8-11H2,1-3H3;9,13H,4-8H2,1-3H3;1-3H;1,3H;;;/q;;;;2*+1;-1/p-1. The minimum atomic E-state index is -0.655. The molecular formula is C37H49Cl2FK2N4O11. The third kappa shape index (κ3) is 17.6. The molecule has 1 N–H and O–H groups in total. The molecule has 0 bridgehead atoms. The second-order valence-electron chi connectivity index (χ2n) is 16.5. The van der Waals surface area contributed by atoms with Gasteiger partial charge in [0.05, 0.1) is 25.6 Å². The minimum Gasteiger partial charge on any atom is -1.00 e. The average molecular weight is 894 g/mol. The van der Waals surface area contributed by atoms with Crippen molar-refractivity contribution in [1.82, 2.24) is 5.32 Å². The van der Waals surface area contributed by atoms with E-state index in [1.54, 1.807) is 6.07 Å². The summed E-state index contributed by atoms with van der Waals surface area (Å²) >= 11 is 11.5. The second-order valence-corrected chi connectivity index (χ2v) is 17.3. The first-order chi connectivity index (χ1) is 25.5. The van der Waals surface area contributed by atoms with Gasteiger partial charge in [0, 0.05) is 68.7 Å². The number of nitro groups is 2. The molecule has 2 saturated heterocycles. The van der Waals surface area contributed by atoms with E-state index in [9.17, 15) is 34.2 Å². The molecule has 4 fully saturated rings. The number of rotatable bonds is 8. The van der Waals surface area contributed by atoms with Gasteiger partial charge in [0.1, 0.15) is 17.0 Å². The Bertz CT molecular complexity index is 1710. The van der Waals surface area contributed by atoms with Crippen molar-refractivity contribution in [3.8, 4) is 0 Å². The van der Waals surface area contributed by atoms with E-state index < -0.39 is 21.3 Å². The van der Waals surface area contributed by atoms with Crippen molar-refractivity contribution < 1.29 is 152 Å². The fourth-order valence-corrected chi connectivity index (χ4v) is 7.75. The number of nitrogens with zero attached hydrogens (tertiary/aromatic N) is 3. The van der Waals surface area contributed by atoms with Gasteiger partial charge in [-0.05, 0) is 96.6 Å². The third-order valence-electron chi connectivity index (χ3n) is 9.33. The normalized spacial score (nSPS) is 18.1. The summed E-state index contributed by atoms with van der Waals surface area (Å²) in [6.45, 7) is 15.3. The van der Waals surface area contributed by atoms with Gasteiger partial charge in [-0.1, -0.05) is 23.2 Å². The van der Waals surface area contributed by atoms with Crippen molar-refractivity contribution in [2.75, 3.05) is 31.1 Å². The summed E-state index contributed by atoms with van der Waals surface area (Å²) < 4.78 is 23.1. The van der Waals surface area contributed by atoms with Gasteiger partial charge in [-0.3, -0.25) is 34.6 Å². The molecule has 0 aromatic heterocycles. The van der Waals surface area contributed by atoms with Crippen molar-refractivity contribution in [3.63, 3.8) is 0 Å². The minimum absolute atomic E-state index is 0. The SMILES string of the molecule is CC(C)(C)OC(=O)CC1CC2(C1)CN(c1ccc([N+](=O)[O-])cc1Cl)C2.CC(C)(C)OC(=O)CC1CC2(CNC2)C1.O=CO[O-].O=[N+]([O-])c1ccc(F)c(Cl)c1.[H-].[K+].[K+]. The molecule has 2 aliphatic heterocycles. The van der Waals surface area contributed by atoms with E-state index in [0.29, 0.717) is 35.1 Å². The Kier molecular flexibility index (Phi) is 22.2. The number of hydrogen-bond acceptors (Lipinski definition) is 13. The van der Waals surface area contributed by atoms with Gasteiger partial charge in [-0.15, -0.1) is 0 Å². The van der Waals surface area contributed by atoms with Crippen LogP contribution >= 0.6 is 23.2 Å². The van der Waals surface area contributed by atoms with Crippen LogP contribution in [-0.2, 0) is 28.7 Å². The number of nitro benzene ring substituents is 2. The van der Waals surface area contributed by atoms with E-state index in [-0.39, 0.29) is 150 Å². The van der Waals surface area contributed by atoms with Gasteiger partial charge in [0.2, 0.25) is 0 Å². The summed E-state index contributed by atoms with van der Waals surface area (Å²) in [7, 11) is 0. The summed E-state index contributed by atoms with van der Waals surface area (Å²) in [4.78, 5) is 56.6.